The zero-order valence-electron chi connectivity index (χ0n) is 13.8. The maximum absolute atomic E-state index is 5.59. The molecule has 0 N–H and O–H groups in total. The number of ether oxygens (including phenoxy) is 1. The Morgan fingerprint density at radius 3 is 2.95 bits per heavy atom. The number of hydrogen-bond acceptors (Lipinski definition) is 4. The summed E-state index contributed by atoms with van der Waals surface area (Å²) in [5.41, 5.74) is 2.34. The predicted molar refractivity (Wildman–Crippen MR) is 90.4 cm³/mol. The summed E-state index contributed by atoms with van der Waals surface area (Å²) in [6.45, 7) is 6.20. The number of benzene rings is 1. The molecule has 118 valence electrons. The Kier molecular flexibility index (Phi) is 4.30. The molecule has 0 spiro atoms. The van der Waals surface area contributed by atoms with Gasteiger partial charge in [0.1, 0.15) is 12.1 Å². The summed E-state index contributed by atoms with van der Waals surface area (Å²) in [6.07, 6.45) is 6.35. The van der Waals surface area contributed by atoms with Crippen molar-refractivity contribution in [3.63, 3.8) is 0 Å². The van der Waals surface area contributed by atoms with E-state index in [1.807, 2.05) is 0 Å². The number of rotatable bonds is 5. The van der Waals surface area contributed by atoms with Gasteiger partial charge in [0.05, 0.1) is 17.7 Å². The second kappa shape index (κ2) is 6.21. The summed E-state index contributed by atoms with van der Waals surface area (Å²) in [5, 5.41) is 1.18. The zero-order valence-corrected chi connectivity index (χ0v) is 13.8. The van der Waals surface area contributed by atoms with E-state index in [0.717, 1.165) is 37.3 Å². The van der Waals surface area contributed by atoms with Crippen LogP contribution in [0.5, 0.6) is 0 Å². The molecule has 1 atom stereocenters. The van der Waals surface area contributed by atoms with Gasteiger partial charge in [-0.25, -0.2) is 9.97 Å². The van der Waals surface area contributed by atoms with Crippen LogP contribution in [0.3, 0.4) is 0 Å². The third-order valence-electron chi connectivity index (χ3n) is 4.83. The van der Waals surface area contributed by atoms with Crippen LogP contribution in [0.25, 0.3) is 10.9 Å². The lowest BCUT2D eigenvalue weighted by Crippen LogP contribution is -2.48. The van der Waals surface area contributed by atoms with Crippen molar-refractivity contribution in [2.75, 3.05) is 25.2 Å². The van der Waals surface area contributed by atoms with Crippen molar-refractivity contribution in [3.8, 4) is 0 Å². The quantitative estimate of drug-likeness (QED) is 0.843. The normalized spacial score (nSPS) is 21.7. The molecule has 0 amide bonds. The van der Waals surface area contributed by atoms with Gasteiger partial charge in [0.2, 0.25) is 0 Å². The first-order chi connectivity index (χ1) is 10.7. The number of aromatic nitrogens is 2. The van der Waals surface area contributed by atoms with Crippen LogP contribution < -0.4 is 4.90 Å². The summed E-state index contributed by atoms with van der Waals surface area (Å²) >= 11 is 0. The van der Waals surface area contributed by atoms with E-state index in [1.54, 1.807) is 13.4 Å². The smallest absolute Gasteiger partial charge is 0.140 e. The van der Waals surface area contributed by atoms with Gasteiger partial charge in [0.15, 0.2) is 0 Å². The average Bonchev–Trinajstić information content (AvgIpc) is 2.91. The minimum Gasteiger partial charge on any atom is -0.382 e. The molecule has 4 heteroatoms. The molecule has 1 aliphatic rings. The number of nitrogens with zero attached hydrogens (tertiary/aromatic N) is 3. The van der Waals surface area contributed by atoms with Gasteiger partial charge in [-0.3, -0.25) is 0 Å². The Balaban J connectivity index is 2.13. The SMILES string of the molecule is CCCC1(COC)CCCN1c1ncnc2cccc(C)c12. The Morgan fingerprint density at radius 1 is 1.32 bits per heavy atom. The summed E-state index contributed by atoms with van der Waals surface area (Å²) in [5.74, 6) is 1.08. The molecule has 1 aromatic heterocycles. The lowest BCUT2D eigenvalue weighted by atomic mass is 9.91. The molecule has 0 saturated carbocycles. The van der Waals surface area contributed by atoms with Crippen LogP contribution in [0.2, 0.25) is 0 Å². The molecular weight excluding hydrogens is 274 g/mol. The number of hydrogen-bond donors (Lipinski definition) is 0. The Hall–Kier alpha value is -1.68. The predicted octanol–water partition coefficient (Wildman–Crippen LogP) is 3.72. The molecular formula is C18H25N3O. The second-order valence-electron chi connectivity index (χ2n) is 6.33. The van der Waals surface area contributed by atoms with Gasteiger partial charge in [-0.2, -0.15) is 0 Å². The monoisotopic (exact) mass is 299 g/mol. The molecule has 1 unspecified atom stereocenters. The fourth-order valence-electron chi connectivity index (χ4n) is 3.95. The number of methoxy groups -OCH3 is 1. The van der Waals surface area contributed by atoms with E-state index in [9.17, 15) is 0 Å². The van der Waals surface area contributed by atoms with Gasteiger partial charge in [-0.1, -0.05) is 25.5 Å². The topological polar surface area (TPSA) is 38.2 Å². The van der Waals surface area contributed by atoms with Gasteiger partial charge in [-0.15, -0.1) is 0 Å². The molecule has 1 aromatic carbocycles. The summed E-state index contributed by atoms with van der Waals surface area (Å²) < 4.78 is 5.59. The number of fused-ring (bicyclic) bond motifs is 1. The van der Waals surface area contributed by atoms with Crippen LogP contribution in [0, 0.1) is 6.92 Å². The van der Waals surface area contributed by atoms with Crippen molar-refractivity contribution < 1.29 is 4.74 Å². The van der Waals surface area contributed by atoms with Crippen LogP contribution in [0.15, 0.2) is 24.5 Å². The van der Waals surface area contributed by atoms with Crippen molar-refractivity contribution in [2.24, 2.45) is 0 Å². The first-order valence-electron chi connectivity index (χ1n) is 8.19. The highest BCUT2D eigenvalue weighted by molar-refractivity contribution is 5.92. The highest BCUT2D eigenvalue weighted by atomic mass is 16.5. The third-order valence-corrected chi connectivity index (χ3v) is 4.83. The molecule has 3 rings (SSSR count). The van der Waals surface area contributed by atoms with Crippen LogP contribution in [-0.4, -0.2) is 35.8 Å². The van der Waals surface area contributed by atoms with E-state index in [-0.39, 0.29) is 5.54 Å². The van der Waals surface area contributed by atoms with E-state index >= 15 is 0 Å². The first-order valence-corrected chi connectivity index (χ1v) is 8.19. The Labute approximate surface area is 132 Å². The second-order valence-corrected chi connectivity index (χ2v) is 6.33. The molecule has 1 fully saturated rings. The van der Waals surface area contributed by atoms with Gasteiger partial charge >= 0.3 is 0 Å². The maximum Gasteiger partial charge on any atom is 0.140 e. The standard InChI is InChI=1S/C18H25N3O/c1-4-9-18(12-22-3)10-6-11-21(18)17-16-14(2)7-5-8-15(16)19-13-20-17/h5,7-8,13H,4,6,9-12H2,1-3H3. The fourth-order valence-corrected chi connectivity index (χ4v) is 3.95. The minimum absolute atomic E-state index is 0.0765. The molecule has 1 aliphatic heterocycles. The molecule has 0 bridgehead atoms. The van der Waals surface area contributed by atoms with Crippen molar-refractivity contribution in [3.05, 3.63) is 30.1 Å². The largest absolute Gasteiger partial charge is 0.382 e. The molecule has 2 heterocycles. The molecule has 2 aromatic rings. The molecule has 0 radical (unpaired) electrons. The molecule has 4 nitrogen and oxygen atoms in total. The van der Waals surface area contributed by atoms with E-state index < -0.39 is 0 Å². The Morgan fingerprint density at radius 2 is 2.18 bits per heavy atom. The molecule has 0 aliphatic carbocycles. The minimum atomic E-state index is 0.0765. The van der Waals surface area contributed by atoms with Crippen molar-refractivity contribution in [1.82, 2.24) is 9.97 Å². The lowest BCUT2D eigenvalue weighted by molar-refractivity contribution is 0.127. The van der Waals surface area contributed by atoms with Crippen molar-refractivity contribution in [2.45, 2.75) is 45.1 Å². The van der Waals surface area contributed by atoms with Crippen molar-refractivity contribution >= 4 is 16.7 Å². The average molecular weight is 299 g/mol. The van der Waals surface area contributed by atoms with Crippen LogP contribution in [0.4, 0.5) is 5.82 Å². The van der Waals surface area contributed by atoms with E-state index in [1.165, 1.54) is 23.8 Å². The number of anilines is 1. The van der Waals surface area contributed by atoms with Gasteiger partial charge in [0.25, 0.3) is 0 Å². The fraction of sp³-hybridized carbons (Fsp3) is 0.556. The van der Waals surface area contributed by atoms with E-state index in [2.05, 4.69) is 46.9 Å². The zero-order chi connectivity index (χ0) is 15.6. The summed E-state index contributed by atoms with van der Waals surface area (Å²) in [7, 11) is 1.80. The van der Waals surface area contributed by atoms with E-state index in [4.69, 9.17) is 4.74 Å². The van der Waals surface area contributed by atoms with E-state index in [0.29, 0.717) is 0 Å². The van der Waals surface area contributed by atoms with Crippen LogP contribution in [-0.2, 0) is 4.74 Å². The Bertz CT molecular complexity index is 645. The summed E-state index contributed by atoms with van der Waals surface area (Å²) in [6, 6.07) is 6.28. The van der Waals surface area contributed by atoms with Gasteiger partial charge < -0.3 is 9.64 Å². The highest BCUT2D eigenvalue weighted by Crippen LogP contribution is 2.40. The highest BCUT2D eigenvalue weighted by Gasteiger charge is 2.41. The molecule has 1 saturated heterocycles. The van der Waals surface area contributed by atoms with Crippen LogP contribution >= 0.6 is 0 Å². The number of aryl methyl sites for hydroxylation is 1. The van der Waals surface area contributed by atoms with Gasteiger partial charge in [0, 0.05) is 19.0 Å². The van der Waals surface area contributed by atoms with Crippen LogP contribution in [0.1, 0.15) is 38.2 Å². The van der Waals surface area contributed by atoms with Gasteiger partial charge in [-0.05, 0) is 37.8 Å². The first kappa shape index (κ1) is 15.2. The maximum atomic E-state index is 5.59. The lowest BCUT2D eigenvalue weighted by Gasteiger charge is -2.39. The summed E-state index contributed by atoms with van der Waals surface area (Å²) in [4.78, 5) is 11.6. The molecule has 22 heavy (non-hydrogen) atoms. The van der Waals surface area contributed by atoms with Crippen molar-refractivity contribution in [1.29, 1.82) is 0 Å². The third kappa shape index (κ3) is 2.45.